The normalized spacial score (nSPS) is 18.6. The first-order valence-electron chi connectivity index (χ1n) is 6.41. The number of halogens is 1. The Balaban J connectivity index is 2.18. The van der Waals surface area contributed by atoms with Crippen LogP contribution in [0, 0.1) is 6.92 Å². The maximum Gasteiger partial charge on any atom is 0.121 e. The van der Waals surface area contributed by atoms with Crippen molar-refractivity contribution in [1.29, 1.82) is 0 Å². The molecule has 1 aromatic rings. The molecule has 100 valence electrons. The van der Waals surface area contributed by atoms with Crippen molar-refractivity contribution in [3.05, 3.63) is 29.3 Å². The average Bonchev–Trinajstić information content (AvgIpc) is 2.41. The van der Waals surface area contributed by atoms with Gasteiger partial charge in [0.15, 0.2) is 0 Å². The first kappa shape index (κ1) is 13.3. The number of hydrogen-bond acceptors (Lipinski definition) is 3. The van der Waals surface area contributed by atoms with Crippen molar-refractivity contribution in [1.82, 2.24) is 10.2 Å². The van der Waals surface area contributed by atoms with Gasteiger partial charge in [0, 0.05) is 26.2 Å². The smallest absolute Gasteiger partial charge is 0.121 e. The molecular formula is C14H21FN2O. The van der Waals surface area contributed by atoms with Crippen molar-refractivity contribution in [2.45, 2.75) is 13.0 Å². The maximum atomic E-state index is 13.3. The van der Waals surface area contributed by atoms with Crippen molar-refractivity contribution in [2.75, 3.05) is 40.0 Å². The van der Waals surface area contributed by atoms with Crippen molar-refractivity contribution < 1.29 is 9.13 Å². The van der Waals surface area contributed by atoms with Gasteiger partial charge in [-0.15, -0.1) is 0 Å². The fourth-order valence-electron chi connectivity index (χ4n) is 2.50. The molecule has 0 aliphatic carbocycles. The van der Waals surface area contributed by atoms with Gasteiger partial charge in [0.2, 0.25) is 0 Å². The minimum absolute atomic E-state index is 0.128. The highest BCUT2D eigenvalue weighted by molar-refractivity contribution is 5.37. The van der Waals surface area contributed by atoms with Crippen LogP contribution in [0.1, 0.15) is 17.2 Å². The Labute approximate surface area is 108 Å². The van der Waals surface area contributed by atoms with Gasteiger partial charge < -0.3 is 10.1 Å². The van der Waals surface area contributed by atoms with Crippen LogP contribution in [-0.4, -0.2) is 44.9 Å². The van der Waals surface area contributed by atoms with Crippen LogP contribution in [0.4, 0.5) is 4.39 Å². The summed E-state index contributed by atoms with van der Waals surface area (Å²) in [4.78, 5) is 2.21. The lowest BCUT2D eigenvalue weighted by Gasteiger charge is -2.33. The second kappa shape index (κ2) is 6.16. The van der Waals surface area contributed by atoms with Crippen LogP contribution in [0.3, 0.4) is 0 Å². The van der Waals surface area contributed by atoms with E-state index in [1.54, 1.807) is 7.11 Å². The predicted octanol–water partition coefficient (Wildman–Crippen LogP) is 1.92. The SMILES string of the molecule is COc1ccc([C@@H](CF)N2CCNCC2)cc1C. The van der Waals surface area contributed by atoms with Gasteiger partial charge in [0.25, 0.3) is 0 Å². The zero-order valence-corrected chi connectivity index (χ0v) is 11.1. The lowest BCUT2D eigenvalue weighted by Crippen LogP contribution is -2.45. The number of benzene rings is 1. The van der Waals surface area contributed by atoms with Gasteiger partial charge in [0.1, 0.15) is 12.4 Å². The number of alkyl halides is 1. The molecule has 0 bridgehead atoms. The quantitative estimate of drug-likeness (QED) is 0.886. The number of nitrogens with zero attached hydrogens (tertiary/aromatic N) is 1. The molecule has 1 N–H and O–H groups in total. The van der Waals surface area contributed by atoms with Gasteiger partial charge in [-0.2, -0.15) is 0 Å². The van der Waals surface area contributed by atoms with Crippen LogP contribution in [0.25, 0.3) is 0 Å². The zero-order chi connectivity index (χ0) is 13.0. The van der Waals surface area contributed by atoms with E-state index in [1.165, 1.54) is 0 Å². The van der Waals surface area contributed by atoms with Crippen molar-refractivity contribution >= 4 is 0 Å². The number of rotatable bonds is 4. The van der Waals surface area contributed by atoms with E-state index >= 15 is 0 Å². The molecule has 1 heterocycles. The summed E-state index contributed by atoms with van der Waals surface area (Å²) in [7, 11) is 1.66. The number of piperazine rings is 1. The van der Waals surface area contributed by atoms with Crippen molar-refractivity contribution in [3.8, 4) is 5.75 Å². The van der Waals surface area contributed by atoms with Crippen LogP contribution in [-0.2, 0) is 0 Å². The summed E-state index contributed by atoms with van der Waals surface area (Å²) in [5, 5.41) is 3.29. The molecule has 0 radical (unpaired) electrons. The average molecular weight is 252 g/mol. The second-order valence-corrected chi connectivity index (χ2v) is 4.69. The Morgan fingerprint density at radius 3 is 2.67 bits per heavy atom. The molecule has 1 aliphatic heterocycles. The van der Waals surface area contributed by atoms with E-state index in [4.69, 9.17) is 4.74 Å². The number of methoxy groups -OCH3 is 1. The number of ether oxygens (including phenoxy) is 1. The molecule has 1 aliphatic rings. The van der Waals surface area contributed by atoms with Crippen LogP contribution in [0.15, 0.2) is 18.2 Å². The summed E-state index contributed by atoms with van der Waals surface area (Å²) in [6.45, 7) is 5.33. The van der Waals surface area contributed by atoms with Crippen molar-refractivity contribution in [3.63, 3.8) is 0 Å². The number of nitrogens with one attached hydrogen (secondary N) is 1. The summed E-state index contributed by atoms with van der Waals surface area (Å²) in [5.74, 6) is 0.858. The molecule has 1 fully saturated rings. The Morgan fingerprint density at radius 2 is 2.11 bits per heavy atom. The molecule has 4 heteroatoms. The third-order valence-electron chi connectivity index (χ3n) is 3.54. The monoisotopic (exact) mass is 252 g/mol. The van der Waals surface area contributed by atoms with Gasteiger partial charge in [-0.1, -0.05) is 12.1 Å². The number of hydrogen-bond donors (Lipinski definition) is 1. The lowest BCUT2D eigenvalue weighted by molar-refractivity contribution is 0.147. The van der Waals surface area contributed by atoms with Crippen LogP contribution < -0.4 is 10.1 Å². The molecule has 1 atom stereocenters. The second-order valence-electron chi connectivity index (χ2n) is 4.69. The van der Waals surface area contributed by atoms with E-state index in [9.17, 15) is 4.39 Å². The van der Waals surface area contributed by atoms with Crippen LogP contribution >= 0.6 is 0 Å². The first-order chi connectivity index (χ1) is 8.76. The van der Waals surface area contributed by atoms with Gasteiger partial charge in [-0.05, 0) is 24.1 Å². The van der Waals surface area contributed by atoms with Gasteiger partial charge in [-0.25, -0.2) is 4.39 Å². The van der Waals surface area contributed by atoms with Crippen LogP contribution in [0.5, 0.6) is 5.75 Å². The molecule has 0 aromatic heterocycles. The molecule has 3 nitrogen and oxygen atoms in total. The molecule has 0 unspecified atom stereocenters. The van der Waals surface area contributed by atoms with E-state index in [0.29, 0.717) is 0 Å². The molecule has 0 saturated carbocycles. The summed E-state index contributed by atoms with van der Waals surface area (Å²) < 4.78 is 18.6. The highest BCUT2D eigenvalue weighted by Crippen LogP contribution is 2.26. The third-order valence-corrected chi connectivity index (χ3v) is 3.54. The largest absolute Gasteiger partial charge is 0.496 e. The van der Waals surface area contributed by atoms with E-state index in [-0.39, 0.29) is 12.7 Å². The van der Waals surface area contributed by atoms with Gasteiger partial charge in [0.05, 0.1) is 13.2 Å². The molecular weight excluding hydrogens is 231 g/mol. The fraction of sp³-hybridized carbons (Fsp3) is 0.571. The fourth-order valence-corrected chi connectivity index (χ4v) is 2.50. The Kier molecular flexibility index (Phi) is 4.55. The Hall–Kier alpha value is -1.13. The predicted molar refractivity (Wildman–Crippen MR) is 70.9 cm³/mol. The van der Waals surface area contributed by atoms with Gasteiger partial charge in [-0.3, -0.25) is 4.90 Å². The summed E-state index contributed by atoms with van der Waals surface area (Å²) >= 11 is 0. The van der Waals surface area contributed by atoms with Crippen molar-refractivity contribution in [2.24, 2.45) is 0 Å². The third kappa shape index (κ3) is 2.82. The minimum atomic E-state index is -0.341. The molecule has 18 heavy (non-hydrogen) atoms. The standard InChI is InChI=1S/C14H21FN2O/c1-11-9-12(3-4-14(11)18-2)13(10-15)17-7-5-16-6-8-17/h3-4,9,13,16H,5-8,10H2,1-2H3/t13-/m1/s1. The van der Waals surface area contributed by atoms with E-state index < -0.39 is 0 Å². The van der Waals surface area contributed by atoms with Crippen LogP contribution in [0.2, 0.25) is 0 Å². The molecule has 1 aromatic carbocycles. The maximum absolute atomic E-state index is 13.3. The molecule has 2 rings (SSSR count). The zero-order valence-electron chi connectivity index (χ0n) is 11.1. The summed E-state index contributed by atoms with van der Waals surface area (Å²) in [5.41, 5.74) is 2.10. The van der Waals surface area contributed by atoms with E-state index in [0.717, 1.165) is 43.1 Å². The summed E-state index contributed by atoms with van der Waals surface area (Å²) in [6.07, 6.45) is 0. The minimum Gasteiger partial charge on any atom is -0.496 e. The Bertz CT molecular complexity index is 391. The van der Waals surface area contributed by atoms with E-state index in [1.807, 2.05) is 25.1 Å². The molecule has 0 spiro atoms. The first-order valence-corrected chi connectivity index (χ1v) is 6.41. The lowest BCUT2D eigenvalue weighted by atomic mass is 10.0. The highest BCUT2D eigenvalue weighted by atomic mass is 19.1. The number of aryl methyl sites for hydroxylation is 1. The topological polar surface area (TPSA) is 24.5 Å². The summed E-state index contributed by atoms with van der Waals surface area (Å²) in [6, 6.07) is 5.80. The van der Waals surface area contributed by atoms with Gasteiger partial charge >= 0.3 is 0 Å². The van der Waals surface area contributed by atoms with E-state index in [2.05, 4.69) is 10.2 Å². The Morgan fingerprint density at radius 1 is 1.39 bits per heavy atom. The molecule has 1 saturated heterocycles. The molecule has 0 amide bonds. The highest BCUT2D eigenvalue weighted by Gasteiger charge is 2.22.